The molecule has 1 aliphatic carbocycles. The van der Waals surface area contributed by atoms with Gasteiger partial charge >= 0.3 is 5.97 Å². The highest BCUT2D eigenvalue weighted by Crippen LogP contribution is 2.48. The summed E-state index contributed by atoms with van der Waals surface area (Å²) in [6.07, 6.45) is 1.90. The molecule has 2 nitrogen and oxygen atoms in total. The average molecular weight is 326 g/mol. The van der Waals surface area contributed by atoms with E-state index in [9.17, 15) is 4.79 Å². The molecule has 0 N–H and O–H groups in total. The molecule has 1 saturated heterocycles. The minimum Gasteiger partial charge on any atom is -0.459 e. The summed E-state index contributed by atoms with van der Waals surface area (Å²) in [5, 5.41) is 0. The molecule has 4 heteroatoms. The predicted octanol–water partition coefficient (Wildman–Crippen LogP) is 2.88. The van der Waals surface area contributed by atoms with Crippen LogP contribution in [0.3, 0.4) is 0 Å². The summed E-state index contributed by atoms with van der Waals surface area (Å²) in [5.74, 6) is 0.459. The number of hydrogen-bond donors (Lipinski definition) is 0. The maximum atomic E-state index is 11.6. The van der Waals surface area contributed by atoms with E-state index < -0.39 is 0 Å². The van der Waals surface area contributed by atoms with Crippen LogP contribution >= 0.6 is 31.9 Å². The zero-order valence-electron chi connectivity index (χ0n) is 8.30. The molecule has 0 spiro atoms. The summed E-state index contributed by atoms with van der Waals surface area (Å²) >= 11 is 7.25. The molecule has 2 aliphatic rings. The topological polar surface area (TPSA) is 26.3 Å². The second-order valence-electron chi connectivity index (χ2n) is 4.74. The zero-order valence-corrected chi connectivity index (χ0v) is 11.5. The molecule has 0 aromatic carbocycles. The highest BCUT2D eigenvalue weighted by atomic mass is 79.9. The van der Waals surface area contributed by atoms with Gasteiger partial charge in [-0.15, -0.1) is 0 Å². The Balaban J connectivity index is 2.22. The van der Waals surface area contributed by atoms with Crippen molar-refractivity contribution in [3.63, 3.8) is 0 Å². The molecule has 2 fully saturated rings. The largest absolute Gasteiger partial charge is 0.459 e. The van der Waals surface area contributed by atoms with Crippen molar-refractivity contribution in [3.05, 3.63) is 0 Å². The molecule has 2 rings (SSSR count). The number of esters is 1. The number of halogens is 2. The average Bonchev–Trinajstić information content (AvgIpc) is 2.26. The van der Waals surface area contributed by atoms with Gasteiger partial charge in [-0.05, 0) is 26.7 Å². The van der Waals surface area contributed by atoms with E-state index in [1.165, 1.54) is 0 Å². The van der Waals surface area contributed by atoms with Gasteiger partial charge in [0.05, 0.1) is 5.92 Å². The zero-order chi connectivity index (χ0) is 10.5. The van der Waals surface area contributed by atoms with E-state index in [-0.39, 0.29) is 17.5 Å². The van der Waals surface area contributed by atoms with Crippen molar-refractivity contribution in [1.82, 2.24) is 0 Å². The number of alkyl halides is 2. The van der Waals surface area contributed by atoms with Crippen molar-refractivity contribution in [2.24, 2.45) is 11.8 Å². The molecule has 0 radical (unpaired) electrons. The lowest BCUT2D eigenvalue weighted by Crippen LogP contribution is -2.39. The van der Waals surface area contributed by atoms with Gasteiger partial charge in [0.15, 0.2) is 0 Å². The molecular weight excluding hydrogens is 312 g/mol. The Morgan fingerprint density at radius 2 is 1.86 bits per heavy atom. The number of fused-ring (bicyclic) bond motifs is 1. The van der Waals surface area contributed by atoms with Crippen LogP contribution in [0.5, 0.6) is 0 Å². The molecule has 0 aromatic rings. The van der Waals surface area contributed by atoms with Crippen LogP contribution in [0.25, 0.3) is 0 Å². The number of ether oxygens (including phenoxy) is 1. The van der Waals surface area contributed by atoms with Gasteiger partial charge in [0.2, 0.25) is 0 Å². The molecule has 0 bridgehead atoms. The van der Waals surface area contributed by atoms with Crippen LogP contribution in [0, 0.1) is 11.8 Å². The number of carbonyl (C=O) groups excluding carboxylic acids is 1. The number of rotatable bonds is 0. The van der Waals surface area contributed by atoms with E-state index in [2.05, 4.69) is 31.9 Å². The highest BCUT2D eigenvalue weighted by Gasteiger charge is 2.53. The van der Waals surface area contributed by atoms with E-state index in [4.69, 9.17) is 4.74 Å². The quantitative estimate of drug-likeness (QED) is 0.505. The van der Waals surface area contributed by atoms with Crippen LogP contribution in [-0.2, 0) is 9.53 Å². The van der Waals surface area contributed by atoms with Crippen molar-refractivity contribution in [1.29, 1.82) is 0 Å². The Labute approximate surface area is 101 Å². The van der Waals surface area contributed by atoms with Gasteiger partial charge in [-0.2, -0.15) is 0 Å². The third kappa shape index (κ3) is 1.64. The van der Waals surface area contributed by atoms with Crippen LogP contribution in [-0.4, -0.2) is 21.2 Å². The maximum Gasteiger partial charge on any atom is 0.309 e. The maximum absolute atomic E-state index is 11.6. The summed E-state index contributed by atoms with van der Waals surface area (Å²) in [6.45, 7) is 4.04. The summed E-state index contributed by atoms with van der Waals surface area (Å²) in [6, 6.07) is 0. The first kappa shape index (κ1) is 10.9. The monoisotopic (exact) mass is 324 g/mol. The van der Waals surface area contributed by atoms with Gasteiger partial charge in [-0.3, -0.25) is 4.79 Å². The van der Waals surface area contributed by atoms with Crippen molar-refractivity contribution in [3.8, 4) is 0 Å². The molecule has 0 amide bonds. The minimum absolute atomic E-state index is 0.0103. The summed E-state index contributed by atoms with van der Waals surface area (Å²) in [7, 11) is 0. The van der Waals surface area contributed by atoms with E-state index in [1.807, 2.05) is 13.8 Å². The van der Waals surface area contributed by atoms with E-state index in [0.717, 1.165) is 12.8 Å². The first-order valence-electron chi connectivity index (χ1n) is 4.93. The first-order valence-corrected chi connectivity index (χ1v) is 6.76. The summed E-state index contributed by atoms with van der Waals surface area (Å²) in [5.41, 5.74) is -0.277. The number of cyclic esters (lactones) is 1. The van der Waals surface area contributed by atoms with Crippen molar-refractivity contribution < 1.29 is 9.53 Å². The van der Waals surface area contributed by atoms with Crippen LogP contribution in [0.2, 0.25) is 0 Å². The molecule has 0 unspecified atom stereocenters. The minimum atomic E-state index is -0.277. The van der Waals surface area contributed by atoms with Crippen LogP contribution in [0.4, 0.5) is 0 Å². The smallest absolute Gasteiger partial charge is 0.309 e. The first-order chi connectivity index (χ1) is 6.42. The van der Waals surface area contributed by atoms with Crippen molar-refractivity contribution >= 4 is 37.8 Å². The second-order valence-corrected chi connectivity index (χ2v) is 7.09. The molecule has 0 aromatic heterocycles. The molecule has 80 valence electrons. The normalized spacial score (nSPS) is 45.9. The lowest BCUT2D eigenvalue weighted by Gasteiger charge is -2.35. The third-order valence-corrected chi connectivity index (χ3v) is 6.13. The Hall–Kier alpha value is 0.430. The number of carbonyl (C=O) groups is 1. The van der Waals surface area contributed by atoms with Gasteiger partial charge in [-0.25, -0.2) is 0 Å². The Morgan fingerprint density at radius 1 is 1.29 bits per heavy atom. The fourth-order valence-corrected chi connectivity index (χ4v) is 3.79. The fraction of sp³-hybridized carbons (Fsp3) is 0.900. The Bertz CT molecular complexity index is 265. The second kappa shape index (κ2) is 3.48. The Kier molecular flexibility index (Phi) is 2.71. The van der Waals surface area contributed by atoms with Crippen LogP contribution in [0.1, 0.15) is 26.7 Å². The van der Waals surface area contributed by atoms with E-state index in [0.29, 0.717) is 15.6 Å². The summed E-state index contributed by atoms with van der Waals surface area (Å²) in [4.78, 5) is 12.5. The van der Waals surface area contributed by atoms with Crippen LogP contribution < -0.4 is 0 Å². The van der Waals surface area contributed by atoms with Crippen molar-refractivity contribution in [2.45, 2.75) is 41.9 Å². The van der Waals surface area contributed by atoms with Gasteiger partial charge in [0, 0.05) is 15.6 Å². The SMILES string of the molecule is CC1(C)OC(=O)[C@H]2C[C@@H](Br)[C@H](Br)C[C@H]21. The van der Waals surface area contributed by atoms with E-state index >= 15 is 0 Å². The molecule has 1 aliphatic heterocycles. The van der Waals surface area contributed by atoms with Gasteiger partial charge in [0.1, 0.15) is 5.60 Å². The van der Waals surface area contributed by atoms with Gasteiger partial charge in [0.25, 0.3) is 0 Å². The predicted molar refractivity (Wildman–Crippen MR) is 61.8 cm³/mol. The molecule has 14 heavy (non-hydrogen) atoms. The standard InChI is InChI=1S/C10H14Br2O2/c1-10(2)6-4-8(12)7(11)3-5(6)9(13)14-10/h5-8H,3-4H2,1-2H3/t5-,6+,7+,8+/m0/s1. The third-order valence-electron chi connectivity index (χ3n) is 3.40. The highest BCUT2D eigenvalue weighted by molar-refractivity contribution is 9.12. The Morgan fingerprint density at radius 3 is 2.50 bits per heavy atom. The summed E-state index contributed by atoms with van der Waals surface area (Å²) < 4.78 is 5.41. The lowest BCUT2D eigenvalue weighted by atomic mass is 9.74. The van der Waals surface area contributed by atoms with E-state index in [1.54, 1.807) is 0 Å². The van der Waals surface area contributed by atoms with Gasteiger partial charge < -0.3 is 4.74 Å². The van der Waals surface area contributed by atoms with Crippen LogP contribution in [0.15, 0.2) is 0 Å². The molecule has 1 saturated carbocycles. The molecule has 4 atom stereocenters. The van der Waals surface area contributed by atoms with Crippen molar-refractivity contribution in [2.75, 3.05) is 0 Å². The number of hydrogen-bond acceptors (Lipinski definition) is 2. The van der Waals surface area contributed by atoms with Gasteiger partial charge in [-0.1, -0.05) is 31.9 Å². The molecule has 1 heterocycles. The fourth-order valence-electron chi connectivity index (χ4n) is 2.55. The lowest BCUT2D eigenvalue weighted by molar-refractivity contribution is -0.148. The molecular formula is C10H14Br2O2.